The van der Waals surface area contributed by atoms with Gasteiger partial charge in [0.1, 0.15) is 0 Å². The number of likely N-dealkylation sites (tertiary alicyclic amines) is 1. The average Bonchev–Trinajstić information content (AvgIpc) is 2.32. The Kier molecular flexibility index (Phi) is 4.19. The second-order valence-electron chi connectivity index (χ2n) is 5.37. The Hall–Kier alpha value is -0.860. The van der Waals surface area contributed by atoms with Crippen LogP contribution in [0.3, 0.4) is 0 Å². The first-order chi connectivity index (χ1) is 8.22. The molecule has 0 aromatic heterocycles. The Balaban J connectivity index is 1.95. The predicted octanol–water partition coefficient (Wildman–Crippen LogP) is 2.50. The molecule has 2 atom stereocenters. The van der Waals surface area contributed by atoms with Gasteiger partial charge in [-0.05, 0) is 24.9 Å². The largest absolute Gasteiger partial charge is 0.315 e. The van der Waals surface area contributed by atoms with Gasteiger partial charge in [-0.2, -0.15) is 0 Å². The van der Waals surface area contributed by atoms with E-state index in [1.54, 1.807) is 0 Å². The van der Waals surface area contributed by atoms with Crippen LogP contribution in [0.15, 0.2) is 30.3 Å². The SMILES string of the molecule is CNC(C(C)C)C1CCN1Cc1ccccc1. The first-order valence-corrected chi connectivity index (χ1v) is 6.67. The molecule has 17 heavy (non-hydrogen) atoms. The van der Waals surface area contributed by atoms with Gasteiger partial charge in [-0.15, -0.1) is 0 Å². The maximum Gasteiger partial charge on any atom is 0.0267 e. The van der Waals surface area contributed by atoms with Crippen LogP contribution < -0.4 is 5.32 Å². The second kappa shape index (κ2) is 5.65. The van der Waals surface area contributed by atoms with E-state index in [2.05, 4.69) is 61.4 Å². The molecule has 1 aromatic carbocycles. The first-order valence-electron chi connectivity index (χ1n) is 6.67. The number of hydrogen-bond donors (Lipinski definition) is 1. The molecule has 1 saturated heterocycles. The smallest absolute Gasteiger partial charge is 0.0267 e. The lowest BCUT2D eigenvalue weighted by atomic mass is 9.87. The molecular formula is C15H24N2. The van der Waals surface area contributed by atoms with Crippen molar-refractivity contribution >= 4 is 0 Å². The molecule has 0 bridgehead atoms. The Morgan fingerprint density at radius 3 is 2.47 bits per heavy atom. The summed E-state index contributed by atoms with van der Waals surface area (Å²) < 4.78 is 0. The number of nitrogens with zero attached hydrogens (tertiary/aromatic N) is 1. The zero-order valence-electron chi connectivity index (χ0n) is 11.2. The van der Waals surface area contributed by atoms with Crippen LogP contribution in [0.5, 0.6) is 0 Å². The van der Waals surface area contributed by atoms with E-state index < -0.39 is 0 Å². The van der Waals surface area contributed by atoms with Gasteiger partial charge in [-0.3, -0.25) is 4.90 Å². The van der Waals surface area contributed by atoms with Crippen LogP contribution in [0, 0.1) is 5.92 Å². The van der Waals surface area contributed by atoms with Gasteiger partial charge in [-0.25, -0.2) is 0 Å². The van der Waals surface area contributed by atoms with E-state index in [4.69, 9.17) is 0 Å². The summed E-state index contributed by atoms with van der Waals surface area (Å²) in [6, 6.07) is 12.1. The molecule has 1 fully saturated rings. The number of rotatable bonds is 5. The van der Waals surface area contributed by atoms with Crippen molar-refractivity contribution < 1.29 is 0 Å². The lowest BCUT2D eigenvalue weighted by molar-refractivity contribution is 0.0404. The molecule has 2 rings (SSSR count). The summed E-state index contributed by atoms with van der Waals surface area (Å²) in [7, 11) is 2.09. The minimum absolute atomic E-state index is 0.618. The van der Waals surface area contributed by atoms with E-state index in [0.29, 0.717) is 18.0 Å². The van der Waals surface area contributed by atoms with E-state index in [0.717, 1.165) is 6.54 Å². The molecule has 0 spiro atoms. The summed E-state index contributed by atoms with van der Waals surface area (Å²) >= 11 is 0. The zero-order valence-corrected chi connectivity index (χ0v) is 11.2. The van der Waals surface area contributed by atoms with Crippen molar-refractivity contribution in [3.63, 3.8) is 0 Å². The summed E-state index contributed by atoms with van der Waals surface area (Å²) in [5.41, 5.74) is 1.43. The van der Waals surface area contributed by atoms with Crippen molar-refractivity contribution in [3.05, 3.63) is 35.9 Å². The van der Waals surface area contributed by atoms with E-state index in [-0.39, 0.29) is 0 Å². The molecule has 1 N–H and O–H groups in total. The third kappa shape index (κ3) is 2.88. The Morgan fingerprint density at radius 2 is 2.00 bits per heavy atom. The zero-order chi connectivity index (χ0) is 12.3. The lowest BCUT2D eigenvalue weighted by Crippen LogP contribution is -2.58. The molecule has 1 aromatic rings. The number of benzene rings is 1. The minimum Gasteiger partial charge on any atom is -0.315 e. The van der Waals surface area contributed by atoms with Crippen LogP contribution >= 0.6 is 0 Å². The Bertz CT molecular complexity index is 334. The van der Waals surface area contributed by atoms with Gasteiger partial charge < -0.3 is 5.32 Å². The van der Waals surface area contributed by atoms with Gasteiger partial charge in [0, 0.05) is 25.2 Å². The van der Waals surface area contributed by atoms with Gasteiger partial charge in [-0.1, -0.05) is 44.2 Å². The molecule has 0 aliphatic carbocycles. The van der Waals surface area contributed by atoms with Crippen molar-refractivity contribution in [3.8, 4) is 0 Å². The first kappa shape index (κ1) is 12.6. The number of likely N-dealkylation sites (N-methyl/N-ethyl adjacent to an activating group) is 1. The van der Waals surface area contributed by atoms with Gasteiger partial charge in [0.2, 0.25) is 0 Å². The molecule has 1 heterocycles. The van der Waals surface area contributed by atoms with Crippen molar-refractivity contribution in [2.75, 3.05) is 13.6 Å². The van der Waals surface area contributed by atoms with Gasteiger partial charge in [0.25, 0.3) is 0 Å². The molecule has 2 heteroatoms. The predicted molar refractivity (Wildman–Crippen MR) is 72.9 cm³/mol. The topological polar surface area (TPSA) is 15.3 Å². The third-order valence-corrected chi connectivity index (χ3v) is 3.88. The normalized spacial score (nSPS) is 22.5. The van der Waals surface area contributed by atoms with Crippen LogP contribution in [-0.4, -0.2) is 30.6 Å². The molecule has 2 nitrogen and oxygen atoms in total. The van der Waals surface area contributed by atoms with Gasteiger partial charge >= 0.3 is 0 Å². The van der Waals surface area contributed by atoms with E-state index in [1.807, 2.05) is 0 Å². The molecule has 0 amide bonds. The fourth-order valence-electron chi connectivity index (χ4n) is 2.85. The van der Waals surface area contributed by atoms with Gasteiger partial charge in [0.05, 0.1) is 0 Å². The Morgan fingerprint density at radius 1 is 1.29 bits per heavy atom. The van der Waals surface area contributed by atoms with Crippen molar-refractivity contribution in [1.29, 1.82) is 0 Å². The highest BCUT2D eigenvalue weighted by atomic mass is 15.2. The average molecular weight is 232 g/mol. The maximum atomic E-state index is 3.48. The third-order valence-electron chi connectivity index (χ3n) is 3.88. The summed E-state index contributed by atoms with van der Waals surface area (Å²) in [6.07, 6.45) is 1.33. The van der Waals surface area contributed by atoms with Crippen molar-refractivity contribution in [2.24, 2.45) is 5.92 Å². The van der Waals surface area contributed by atoms with Gasteiger partial charge in [0.15, 0.2) is 0 Å². The highest BCUT2D eigenvalue weighted by Gasteiger charge is 2.35. The summed E-state index contributed by atoms with van der Waals surface area (Å²) in [6.45, 7) is 6.95. The van der Waals surface area contributed by atoms with Crippen LogP contribution in [0.25, 0.3) is 0 Å². The molecular weight excluding hydrogens is 208 g/mol. The molecule has 1 aliphatic heterocycles. The summed E-state index contributed by atoms with van der Waals surface area (Å²) in [5.74, 6) is 0.698. The summed E-state index contributed by atoms with van der Waals surface area (Å²) in [5, 5.41) is 3.48. The van der Waals surface area contributed by atoms with E-state index >= 15 is 0 Å². The number of nitrogens with one attached hydrogen (secondary N) is 1. The number of hydrogen-bond acceptors (Lipinski definition) is 2. The minimum atomic E-state index is 0.618. The van der Waals surface area contributed by atoms with Crippen LogP contribution in [0.2, 0.25) is 0 Å². The standard InChI is InChI=1S/C15H24N2/c1-12(2)15(16-3)14-9-10-17(14)11-13-7-5-4-6-8-13/h4-8,12,14-16H,9-11H2,1-3H3. The summed E-state index contributed by atoms with van der Waals surface area (Å²) in [4.78, 5) is 2.59. The monoisotopic (exact) mass is 232 g/mol. The van der Waals surface area contributed by atoms with Crippen LogP contribution in [0.4, 0.5) is 0 Å². The fraction of sp³-hybridized carbons (Fsp3) is 0.600. The highest BCUT2D eigenvalue weighted by Crippen LogP contribution is 2.26. The van der Waals surface area contributed by atoms with Crippen molar-refractivity contribution in [2.45, 2.75) is 38.9 Å². The molecule has 0 radical (unpaired) electrons. The van der Waals surface area contributed by atoms with E-state index in [9.17, 15) is 0 Å². The van der Waals surface area contributed by atoms with E-state index in [1.165, 1.54) is 18.5 Å². The lowest BCUT2D eigenvalue weighted by Gasteiger charge is -2.47. The Labute approximate surface area is 105 Å². The second-order valence-corrected chi connectivity index (χ2v) is 5.37. The van der Waals surface area contributed by atoms with Crippen LogP contribution in [-0.2, 0) is 6.54 Å². The molecule has 94 valence electrons. The highest BCUT2D eigenvalue weighted by molar-refractivity contribution is 5.15. The molecule has 1 aliphatic rings. The van der Waals surface area contributed by atoms with Crippen LogP contribution in [0.1, 0.15) is 25.8 Å². The van der Waals surface area contributed by atoms with Crippen molar-refractivity contribution in [1.82, 2.24) is 10.2 Å². The quantitative estimate of drug-likeness (QED) is 0.839. The molecule has 0 saturated carbocycles. The molecule has 2 unspecified atom stereocenters. The fourth-order valence-corrected chi connectivity index (χ4v) is 2.85. The maximum absolute atomic E-state index is 3.48.